The van der Waals surface area contributed by atoms with E-state index >= 15 is 0 Å². The summed E-state index contributed by atoms with van der Waals surface area (Å²) < 4.78 is 1.84. The van der Waals surface area contributed by atoms with Crippen molar-refractivity contribution in [1.29, 1.82) is 0 Å². The van der Waals surface area contributed by atoms with Crippen molar-refractivity contribution >= 4 is 16.3 Å². The minimum Gasteiger partial charge on any atom is -1.00 e. The molecule has 0 bridgehead atoms. The van der Waals surface area contributed by atoms with E-state index in [1.54, 1.807) is 16.8 Å². The Labute approximate surface area is 91.5 Å². The summed E-state index contributed by atoms with van der Waals surface area (Å²) in [6.07, 6.45) is 0. The van der Waals surface area contributed by atoms with Gasteiger partial charge in [-0.3, -0.25) is 0 Å². The Morgan fingerprint density at radius 1 is 1.42 bits per heavy atom. The third kappa shape index (κ3) is 1.56. The van der Waals surface area contributed by atoms with Crippen LogP contribution in [-0.2, 0) is 0 Å². The van der Waals surface area contributed by atoms with Crippen molar-refractivity contribution in [3.63, 3.8) is 0 Å². The average Bonchev–Trinajstić information content (AvgIpc) is 2.34. The molecular weight excluding hydrogens is 285 g/mol. The highest BCUT2D eigenvalue weighted by Gasteiger charge is 2.10. The van der Waals surface area contributed by atoms with E-state index in [4.69, 9.17) is 0 Å². The Morgan fingerprint density at radius 2 is 2.17 bits per heavy atom. The molecule has 2 heterocycles. The van der Waals surface area contributed by atoms with E-state index in [-0.39, 0.29) is 24.0 Å². The lowest BCUT2D eigenvalue weighted by atomic mass is 10.4. The van der Waals surface area contributed by atoms with Crippen molar-refractivity contribution in [3.8, 4) is 0 Å². The lowest BCUT2D eigenvalue weighted by Crippen LogP contribution is -3.00. The number of nitrogens with zero attached hydrogens (tertiary/aromatic N) is 3. The molecule has 64 valence electrons. The Kier molecular flexibility index (Phi) is 2.94. The van der Waals surface area contributed by atoms with Crippen molar-refractivity contribution in [2.75, 3.05) is 0 Å². The van der Waals surface area contributed by atoms with Crippen molar-refractivity contribution < 1.29 is 28.5 Å². The minimum absolute atomic E-state index is 0. The summed E-state index contributed by atoms with van der Waals surface area (Å²) >= 11 is 1.56. The fourth-order valence-electron chi connectivity index (χ4n) is 1.08. The molecule has 0 radical (unpaired) electrons. The predicted octanol–water partition coefficient (Wildman–Crippen LogP) is -2.10. The number of aryl methyl sites for hydroxylation is 2. The molecule has 2 aromatic rings. The number of aromatic nitrogens is 3. The second-order valence-electron chi connectivity index (χ2n) is 2.47. The quantitative estimate of drug-likeness (QED) is 0.411. The molecule has 0 saturated carbocycles. The first-order valence-electron chi connectivity index (χ1n) is 3.37. The summed E-state index contributed by atoms with van der Waals surface area (Å²) in [6, 6.07) is 2.02. The molecule has 0 unspecified atom stereocenters. The van der Waals surface area contributed by atoms with Gasteiger partial charge in [0.25, 0.3) is 0 Å². The molecule has 0 spiro atoms. The van der Waals surface area contributed by atoms with E-state index in [9.17, 15) is 0 Å². The molecule has 0 aliphatic rings. The van der Waals surface area contributed by atoms with Crippen molar-refractivity contribution in [1.82, 2.24) is 10.1 Å². The highest BCUT2D eigenvalue weighted by Crippen LogP contribution is 2.02. The fraction of sp³-hybridized carbons (Fsp3) is 0.286. The number of halogens is 1. The third-order valence-electron chi connectivity index (χ3n) is 1.53. The first kappa shape index (κ1) is 9.79. The topological polar surface area (TPSA) is 29.9 Å². The van der Waals surface area contributed by atoms with Crippen LogP contribution in [0.5, 0.6) is 0 Å². The molecule has 0 aromatic carbocycles. The standard InChI is InChI=1S/C7H8N3S.HI/c1-5-3-6(2)10-7(9-5)11-4-8-10;/h3-4H,1-2H3;1H/q+1;/p-1. The molecule has 0 aliphatic heterocycles. The SMILES string of the molecule is Cc1cc(C)[n+]2ncsc2n1.[I-]. The van der Waals surface area contributed by atoms with Gasteiger partial charge in [0.15, 0.2) is 5.69 Å². The molecule has 12 heavy (non-hydrogen) atoms. The van der Waals surface area contributed by atoms with E-state index in [1.807, 2.05) is 24.4 Å². The van der Waals surface area contributed by atoms with Crippen LogP contribution in [0.25, 0.3) is 4.96 Å². The zero-order valence-electron chi connectivity index (χ0n) is 6.78. The lowest BCUT2D eigenvalue weighted by molar-refractivity contribution is -0.585. The number of hydrogen-bond acceptors (Lipinski definition) is 3. The van der Waals surface area contributed by atoms with Gasteiger partial charge in [-0.1, -0.05) is 9.61 Å². The fourth-order valence-corrected chi connectivity index (χ4v) is 1.80. The maximum absolute atomic E-state index is 4.32. The second-order valence-corrected chi connectivity index (χ2v) is 3.28. The van der Waals surface area contributed by atoms with Gasteiger partial charge in [0.1, 0.15) is 11.2 Å². The molecule has 3 nitrogen and oxygen atoms in total. The summed E-state index contributed by atoms with van der Waals surface area (Å²) in [5, 5.41) is 4.13. The minimum atomic E-state index is 0. The Balaban J connectivity index is 0.000000720. The van der Waals surface area contributed by atoms with Crippen LogP contribution in [0, 0.1) is 13.8 Å². The van der Waals surface area contributed by atoms with E-state index in [0.717, 1.165) is 16.3 Å². The van der Waals surface area contributed by atoms with Crippen LogP contribution in [0.3, 0.4) is 0 Å². The summed E-state index contributed by atoms with van der Waals surface area (Å²) in [5.41, 5.74) is 3.98. The molecule has 2 aromatic heterocycles. The van der Waals surface area contributed by atoms with Gasteiger partial charge in [-0.05, 0) is 16.3 Å². The van der Waals surface area contributed by atoms with E-state index in [2.05, 4.69) is 10.1 Å². The van der Waals surface area contributed by atoms with Crippen molar-refractivity contribution in [3.05, 3.63) is 23.0 Å². The predicted molar refractivity (Wildman–Crippen MR) is 42.5 cm³/mol. The number of fused-ring (bicyclic) bond motifs is 1. The van der Waals surface area contributed by atoms with Crippen molar-refractivity contribution in [2.24, 2.45) is 0 Å². The molecule has 0 aliphatic carbocycles. The van der Waals surface area contributed by atoms with Gasteiger partial charge in [-0.25, -0.2) is 0 Å². The monoisotopic (exact) mass is 293 g/mol. The molecule has 0 atom stereocenters. The second kappa shape index (κ2) is 3.61. The van der Waals surface area contributed by atoms with Gasteiger partial charge in [0.05, 0.1) is 0 Å². The van der Waals surface area contributed by atoms with Gasteiger partial charge in [0.2, 0.25) is 0 Å². The Bertz CT molecular complexity index is 398. The first-order valence-corrected chi connectivity index (χ1v) is 4.25. The molecule has 2 rings (SSSR count). The molecule has 0 N–H and O–H groups in total. The van der Waals surface area contributed by atoms with Gasteiger partial charge >= 0.3 is 4.96 Å². The zero-order valence-corrected chi connectivity index (χ0v) is 9.76. The highest BCUT2D eigenvalue weighted by atomic mass is 127. The first-order chi connectivity index (χ1) is 5.27. The Morgan fingerprint density at radius 3 is 2.92 bits per heavy atom. The maximum Gasteiger partial charge on any atom is 0.409 e. The number of rotatable bonds is 0. The van der Waals surface area contributed by atoms with Crippen molar-refractivity contribution in [2.45, 2.75) is 13.8 Å². The van der Waals surface area contributed by atoms with Crippen LogP contribution in [0.15, 0.2) is 11.6 Å². The largest absolute Gasteiger partial charge is 1.00 e. The molecule has 0 amide bonds. The summed E-state index contributed by atoms with van der Waals surface area (Å²) in [4.78, 5) is 5.28. The van der Waals surface area contributed by atoms with Crippen LogP contribution in [-0.4, -0.2) is 10.1 Å². The van der Waals surface area contributed by atoms with Crippen LogP contribution in [0.4, 0.5) is 0 Å². The van der Waals surface area contributed by atoms with Gasteiger partial charge in [-0.15, -0.1) is 0 Å². The number of hydrogen-bond donors (Lipinski definition) is 0. The third-order valence-corrected chi connectivity index (χ3v) is 2.20. The summed E-state index contributed by atoms with van der Waals surface area (Å²) in [5.74, 6) is 0. The lowest BCUT2D eigenvalue weighted by Gasteiger charge is -1.86. The summed E-state index contributed by atoms with van der Waals surface area (Å²) in [7, 11) is 0. The Hall–Kier alpha value is -0.300. The van der Waals surface area contributed by atoms with Crippen LogP contribution in [0.2, 0.25) is 0 Å². The average molecular weight is 293 g/mol. The van der Waals surface area contributed by atoms with E-state index in [1.165, 1.54) is 0 Å². The smallest absolute Gasteiger partial charge is 0.409 e. The summed E-state index contributed by atoms with van der Waals surface area (Å²) in [6.45, 7) is 4.02. The van der Waals surface area contributed by atoms with Crippen LogP contribution in [0.1, 0.15) is 11.4 Å². The highest BCUT2D eigenvalue weighted by molar-refractivity contribution is 7.14. The zero-order chi connectivity index (χ0) is 7.84. The van der Waals surface area contributed by atoms with Gasteiger partial charge in [0, 0.05) is 19.9 Å². The molecule has 0 saturated heterocycles. The van der Waals surface area contributed by atoms with Gasteiger partial charge < -0.3 is 24.0 Å². The normalized spacial score (nSPS) is 9.83. The van der Waals surface area contributed by atoms with E-state index < -0.39 is 0 Å². The molecular formula is C7H8IN3S. The van der Waals surface area contributed by atoms with Gasteiger partial charge in [-0.2, -0.15) is 0 Å². The van der Waals surface area contributed by atoms with E-state index in [0.29, 0.717) is 0 Å². The molecule has 0 fully saturated rings. The van der Waals surface area contributed by atoms with Crippen LogP contribution < -0.4 is 28.5 Å². The van der Waals surface area contributed by atoms with Crippen LogP contribution >= 0.6 is 11.3 Å². The molecule has 5 heteroatoms. The maximum atomic E-state index is 4.32.